The lowest BCUT2D eigenvalue weighted by Crippen LogP contribution is -2.33. The summed E-state index contributed by atoms with van der Waals surface area (Å²) in [6, 6.07) is 13.5. The molecule has 0 aliphatic carbocycles. The maximum Gasteiger partial charge on any atom is 0.330 e. The van der Waals surface area contributed by atoms with E-state index in [1.165, 1.54) is 12.1 Å². The monoisotopic (exact) mass is 297 g/mol. The normalized spacial score (nSPS) is 11.5. The molecule has 5 N–H and O–H groups in total. The SMILES string of the molecule is N=C(N)c1cccc(C(=O)N[C@H](C(=O)O)c2ccccc2)c1. The Hall–Kier alpha value is -3.15. The number of carbonyl (C=O) groups is 2. The average molecular weight is 297 g/mol. The van der Waals surface area contributed by atoms with Gasteiger partial charge in [-0.15, -0.1) is 0 Å². The molecule has 1 amide bonds. The largest absolute Gasteiger partial charge is 0.479 e. The van der Waals surface area contributed by atoms with Crippen molar-refractivity contribution in [3.8, 4) is 0 Å². The van der Waals surface area contributed by atoms with E-state index in [1.807, 2.05) is 0 Å². The number of rotatable bonds is 5. The predicted molar refractivity (Wildman–Crippen MR) is 81.7 cm³/mol. The molecule has 0 saturated carbocycles. The van der Waals surface area contributed by atoms with Crippen molar-refractivity contribution in [3.63, 3.8) is 0 Å². The number of amidine groups is 1. The third-order valence-corrected chi connectivity index (χ3v) is 3.09. The lowest BCUT2D eigenvalue weighted by atomic mass is 10.1. The second-order valence-corrected chi connectivity index (χ2v) is 4.65. The Morgan fingerprint density at radius 1 is 1.05 bits per heavy atom. The minimum Gasteiger partial charge on any atom is -0.479 e. The Morgan fingerprint density at radius 3 is 2.27 bits per heavy atom. The predicted octanol–water partition coefficient (Wildman–Crippen LogP) is 1.53. The van der Waals surface area contributed by atoms with E-state index in [0.717, 1.165) is 0 Å². The molecule has 6 nitrogen and oxygen atoms in total. The zero-order valence-electron chi connectivity index (χ0n) is 11.6. The van der Waals surface area contributed by atoms with Gasteiger partial charge < -0.3 is 16.2 Å². The number of hydrogen-bond acceptors (Lipinski definition) is 3. The summed E-state index contributed by atoms with van der Waals surface area (Å²) in [4.78, 5) is 23.6. The number of aliphatic carboxylic acids is 1. The molecule has 0 aromatic heterocycles. The van der Waals surface area contributed by atoms with Crippen LogP contribution in [-0.4, -0.2) is 22.8 Å². The highest BCUT2D eigenvalue weighted by Crippen LogP contribution is 2.14. The van der Waals surface area contributed by atoms with Gasteiger partial charge in [-0.25, -0.2) is 4.79 Å². The summed E-state index contributed by atoms with van der Waals surface area (Å²) < 4.78 is 0. The van der Waals surface area contributed by atoms with Crippen LogP contribution in [-0.2, 0) is 4.79 Å². The minimum absolute atomic E-state index is 0.160. The molecule has 0 bridgehead atoms. The van der Waals surface area contributed by atoms with E-state index in [1.54, 1.807) is 42.5 Å². The van der Waals surface area contributed by atoms with Crippen molar-refractivity contribution in [2.75, 3.05) is 0 Å². The number of amides is 1. The molecule has 0 radical (unpaired) electrons. The van der Waals surface area contributed by atoms with Crippen LogP contribution < -0.4 is 11.1 Å². The number of benzene rings is 2. The first-order chi connectivity index (χ1) is 10.5. The molecule has 0 aliphatic heterocycles. The van der Waals surface area contributed by atoms with Gasteiger partial charge in [0.1, 0.15) is 5.84 Å². The maximum atomic E-state index is 12.2. The lowest BCUT2D eigenvalue weighted by Gasteiger charge is -2.15. The molecule has 112 valence electrons. The number of nitrogens with two attached hydrogens (primary N) is 1. The van der Waals surface area contributed by atoms with Gasteiger partial charge in [0.05, 0.1) is 0 Å². The fourth-order valence-corrected chi connectivity index (χ4v) is 1.98. The van der Waals surface area contributed by atoms with Crippen molar-refractivity contribution < 1.29 is 14.7 Å². The van der Waals surface area contributed by atoms with Crippen molar-refractivity contribution in [3.05, 3.63) is 71.3 Å². The van der Waals surface area contributed by atoms with Crippen LogP contribution in [0.15, 0.2) is 54.6 Å². The van der Waals surface area contributed by atoms with E-state index < -0.39 is 17.9 Å². The molecule has 2 aromatic rings. The van der Waals surface area contributed by atoms with E-state index in [9.17, 15) is 14.7 Å². The lowest BCUT2D eigenvalue weighted by molar-refractivity contribution is -0.139. The highest BCUT2D eigenvalue weighted by molar-refractivity contribution is 6.01. The van der Waals surface area contributed by atoms with E-state index in [0.29, 0.717) is 11.1 Å². The van der Waals surface area contributed by atoms with Gasteiger partial charge in [-0.2, -0.15) is 0 Å². The minimum atomic E-state index is -1.15. The molecule has 1 atom stereocenters. The van der Waals surface area contributed by atoms with Crippen molar-refractivity contribution in [2.24, 2.45) is 5.73 Å². The fraction of sp³-hybridized carbons (Fsp3) is 0.0625. The summed E-state index contributed by atoms with van der Waals surface area (Å²) in [6.07, 6.45) is 0. The van der Waals surface area contributed by atoms with Gasteiger partial charge in [0.15, 0.2) is 6.04 Å². The van der Waals surface area contributed by atoms with Gasteiger partial charge in [0, 0.05) is 11.1 Å². The third-order valence-electron chi connectivity index (χ3n) is 3.09. The highest BCUT2D eigenvalue weighted by Gasteiger charge is 2.22. The zero-order chi connectivity index (χ0) is 16.1. The van der Waals surface area contributed by atoms with E-state index in [-0.39, 0.29) is 11.4 Å². The van der Waals surface area contributed by atoms with E-state index in [4.69, 9.17) is 11.1 Å². The van der Waals surface area contributed by atoms with Crippen LogP contribution in [0.1, 0.15) is 27.5 Å². The number of carboxylic acid groups (broad SMARTS) is 1. The molecular formula is C16H15N3O3. The number of carbonyl (C=O) groups excluding carboxylic acids is 1. The van der Waals surface area contributed by atoms with Crippen molar-refractivity contribution in [1.82, 2.24) is 5.32 Å². The Morgan fingerprint density at radius 2 is 1.68 bits per heavy atom. The van der Waals surface area contributed by atoms with Crippen molar-refractivity contribution in [1.29, 1.82) is 5.41 Å². The van der Waals surface area contributed by atoms with E-state index in [2.05, 4.69) is 5.32 Å². The van der Waals surface area contributed by atoms with Crippen LogP contribution in [0, 0.1) is 5.41 Å². The number of nitrogens with one attached hydrogen (secondary N) is 2. The molecule has 22 heavy (non-hydrogen) atoms. The smallest absolute Gasteiger partial charge is 0.330 e. The first kappa shape index (κ1) is 15.2. The Labute approximate surface area is 127 Å². The van der Waals surface area contributed by atoms with Crippen LogP contribution in [0.4, 0.5) is 0 Å². The molecule has 0 saturated heterocycles. The summed E-state index contributed by atoms with van der Waals surface area (Å²) >= 11 is 0. The van der Waals surface area contributed by atoms with Gasteiger partial charge in [-0.05, 0) is 17.7 Å². The molecular weight excluding hydrogens is 282 g/mol. The average Bonchev–Trinajstić information content (AvgIpc) is 2.53. The molecule has 0 fully saturated rings. The molecule has 0 heterocycles. The molecule has 0 unspecified atom stereocenters. The Balaban J connectivity index is 2.24. The molecule has 2 rings (SSSR count). The highest BCUT2D eigenvalue weighted by atomic mass is 16.4. The van der Waals surface area contributed by atoms with Gasteiger partial charge >= 0.3 is 5.97 Å². The molecule has 0 aliphatic rings. The first-order valence-electron chi connectivity index (χ1n) is 6.52. The molecule has 0 spiro atoms. The summed E-state index contributed by atoms with van der Waals surface area (Å²) in [5.41, 5.74) is 6.51. The quantitative estimate of drug-likeness (QED) is 0.494. The van der Waals surface area contributed by atoms with Crippen molar-refractivity contribution >= 4 is 17.7 Å². The van der Waals surface area contributed by atoms with Crippen molar-refractivity contribution in [2.45, 2.75) is 6.04 Å². The summed E-state index contributed by atoms with van der Waals surface area (Å²) in [5, 5.41) is 19.1. The van der Waals surface area contributed by atoms with Crippen LogP contribution in [0.2, 0.25) is 0 Å². The topological polar surface area (TPSA) is 116 Å². The second-order valence-electron chi connectivity index (χ2n) is 4.65. The number of nitrogen functional groups attached to an aromatic ring is 1. The van der Waals surface area contributed by atoms with Gasteiger partial charge in [0.2, 0.25) is 0 Å². The maximum absolute atomic E-state index is 12.2. The Kier molecular flexibility index (Phi) is 4.53. The van der Waals surface area contributed by atoms with E-state index >= 15 is 0 Å². The van der Waals surface area contributed by atoms with Gasteiger partial charge in [0.25, 0.3) is 5.91 Å². The molecule has 6 heteroatoms. The van der Waals surface area contributed by atoms with Crippen LogP contribution >= 0.6 is 0 Å². The number of carboxylic acids is 1. The molecule has 2 aromatic carbocycles. The summed E-state index contributed by atoms with van der Waals surface area (Å²) in [7, 11) is 0. The standard InChI is InChI=1S/C16H15N3O3/c17-14(18)11-7-4-8-12(9-11)15(20)19-13(16(21)22)10-5-2-1-3-6-10/h1-9,13H,(H3,17,18)(H,19,20)(H,21,22)/t13-/m0/s1. The van der Waals surface area contributed by atoms with Gasteiger partial charge in [-0.1, -0.05) is 42.5 Å². The first-order valence-corrected chi connectivity index (χ1v) is 6.52. The van der Waals surface area contributed by atoms with Crippen LogP contribution in [0.5, 0.6) is 0 Å². The van der Waals surface area contributed by atoms with Crippen LogP contribution in [0.3, 0.4) is 0 Å². The Bertz CT molecular complexity index is 714. The summed E-state index contributed by atoms with van der Waals surface area (Å²) in [6.45, 7) is 0. The second kappa shape index (κ2) is 6.53. The third kappa shape index (κ3) is 3.49. The zero-order valence-corrected chi connectivity index (χ0v) is 11.6. The van der Waals surface area contributed by atoms with Gasteiger partial charge in [-0.3, -0.25) is 10.2 Å². The number of hydrogen-bond donors (Lipinski definition) is 4. The van der Waals surface area contributed by atoms with Crippen LogP contribution in [0.25, 0.3) is 0 Å². The fourth-order valence-electron chi connectivity index (χ4n) is 1.98. The summed E-state index contributed by atoms with van der Waals surface area (Å²) in [5.74, 6) is -1.85.